The number of ether oxygens (including phenoxy) is 1. The molecule has 0 radical (unpaired) electrons. The maximum absolute atomic E-state index is 11.7. The average molecular weight is 305 g/mol. The zero-order valence-corrected chi connectivity index (χ0v) is 13.1. The van der Waals surface area contributed by atoms with E-state index in [-0.39, 0.29) is 10.6 Å². The van der Waals surface area contributed by atoms with Crippen molar-refractivity contribution in [3.63, 3.8) is 0 Å². The molecule has 21 heavy (non-hydrogen) atoms. The smallest absolute Gasteiger partial charge is 0.177 e. The van der Waals surface area contributed by atoms with Gasteiger partial charge >= 0.3 is 0 Å². The second-order valence-electron chi connectivity index (χ2n) is 5.27. The zero-order chi connectivity index (χ0) is 15.6. The summed E-state index contributed by atoms with van der Waals surface area (Å²) in [4.78, 5) is 0.0833. The number of benzene rings is 2. The predicted octanol–water partition coefficient (Wildman–Crippen LogP) is 3.59. The van der Waals surface area contributed by atoms with Crippen molar-refractivity contribution in [2.75, 3.05) is 12.0 Å². The molecule has 2 rings (SSSR count). The minimum Gasteiger partial charge on any atom is -0.455 e. The van der Waals surface area contributed by atoms with Crippen molar-refractivity contribution in [3.8, 4) is 11.5 Å². The number of para-hydroxylation sites is 1. The minimum absolute atomic E-state index is 0.0833. The SMILES string of the molecule is CC(C)c1cccc(Oc2cccc(S(C)(=O)=O)c2N)c1. The van der Waals surface area contributed by atoms with Crippen LogP contribution >= 0.6 is 0 Å². The summed E-state index contributed by atoms with van der Waals surface area (Å²) in [5.74, 6) is 1.37. The largest absolute Gasteiger partial charge is 0.455 e. The Hall–Kier alpha value is -2.01. The number of sulfone groups is 1. The fourth-order valence-corrected chi connectivity index (χ4v) is 2.83. The van der Waals surface area contributed by atoms with Crippen LogP contribution in [0.1, 0.15) is 25.3 Å². The van der Waals surface area contributed by atoms with Crippen molar-refractivity contribution in [1.29, 1.82) is 0 Å². The molecule has 0 bridgehead atoms. The molecule has 2 N–H and O–H groups in total. The Bertz CT molecular complexity index is 752. The van der Waals surface area contributed by atoms with Crippen molar-refractivity contribution in [2.24, 2.45) is 0 Å². The van der Waals surface area contributed by atoms with Crippen molar-refractivity contribution in [3.05, 3.63) is 48.0 Å². The molecule has 0 aliphatic rings. The van der Waals surface area contributed by atoms with Crippen LogP contribution in [0.3, 0.4) is 0 Å². The van der Waals surface area contributed by atoms with Gasteiger partial charge in [-0.1, -0.05) is 32.0 Å². The van der Waals surface area contributed by atoms with Crippen molar-refractivity contribution in [1.82, 2.24) is 0 Å². The van der Waals surface area contributed by atoms with Crippen molar-refractivity contribution < 1.29 is 13.2 Å². The van der Waals surface area contributed by atoms with E-state index in [1.165, 1.54) is 6.07 Å². The summed E-state index contributed by atoms with van der Waals surface area (Å²) in [7, 11) is -3.37. The molecule has 0 aliphatic heterocycles. The van der Waals surface area contributed by atoms with Gasteiger partial charge in [-0.05, 0) is 35.7 Å². The Balaban J connectivity index is 2.39. The highest BCUT2D eigenvalue weighted by Gasteiger charge is 2.15. The van der Waals surface area contributed by atoms with Crippen LogP contribution in [0.2, 0.25) is 0 Å². The van der Waals surface area contributed by atoms with Gasteiger partial charge in [-0.2, -0.15) is 0 Å². The van der Waals surface area contributed by atoms with E-state index in [1.54, 1.807) is 12.1 Å². The van der Waals surface area contributed by atoms with E-state index in [0.29, 0.717) is 17.4 Å². The van der Waals surface area contributed by atoms with Crippen LogP contribution in [0.15, 0.2) is 47.4 Å². The fraction of sp³-hybridized carbons (Fsp3) is 0.250. The monoisotopic (exact) mass is 305 g/mol. The second kappa shape index (κ2) is 5.77. The van der Waals surface area contributed by atoms with Crippen LogP contribution in [0.25, 0.3) is 0 Å². The minimum atomic E-state index is -3.37. The molecule has 112 valence electrons. The van der Waals surface area contributed by atoms with Gasteiger partial charge in [0.15, 0.2) is 15.6 Å². The summed E-state index contributed by atoms with van der Waals surface area (Å²) in [6.45, 7) is 4.19. The number of hydrogen-bond donors (Lipinski definition) is 1. The van der Waals surface area contributed by atoms with Crippen LogP contribution in [0.5, 0.6) is 11.5 Å². The lowest BCUT2D eigenvalue weighted by molar-refractivity contribution is 0.482. The third-order valence-electron chi connectivity index (χ3n) is 3.18. The Morgan fingerprint density at radius 3 is 2.38 bits per heavy atom. The first-order valence-electron chi connectivity index (χ1n) is 6.65. The van der Waals surface area contributed by atoms with Crippen LogP contribution in [0, 0.1) is 0 Å². The molecule has 0 saturated carbocycles. The Morgan fingerprint density at radius 2 is 1.76 bits per heavy atom. The van der Waals surface area contributed by atoms with Gasteiger partial charge in [0.05, 0.1) is 10.6 Å². The molecule has 0 aliphatic carbocycles. The van der Waals surface area contributed by atoms with Gasteiger partial charge in [0.2, 0.25) is 0 Å². The molecule has 2 aromatic rings. The standard InChI is InChI=1S/C16H19NO3S/c1-11(2)12-6-4-7-13(10-12)20-14-8-5-9-15(16(14)17)21(3,18)19/h4-11H,17H2,1-3H3. The molecule has 0 fully saturated rings. The first-order valence-corrected chi connectivity index (χ1v) is 8.54. The van der Waals surface area contributed by atoms with Gasteiger partial charge < -0.3 is 10.5 Å². The Morgan fingerprint density at radius 1 is 1.10 bits per heavy atom. The first-order chi connectivity index (χ1) is 9.79. The number of nitrogen functional groups attached to an aromatic ring is 1. The fourth-order valence-electron chi connectivity index (χ4n) is 2.00. The molecule has 4 nitrogen and oxygen atoms in total. The van der Waals surface area contributed by atoms with Crippen LogP contribution in [0.4, 0.5) is 5.69 Å². The second-order valence-corrected chi connectivity index (χ2v) is 7.25. The third-order valence-corrected chi connectivity index (χ3v) is 4.33. The predicted molar refractivity (Wildman–Crippen MR) is 84.6 cm³/mol. The van der Waals surface area contributed by atoms with Gasteiger partial charge in [0.1, 0.15) is 5.75 Å². The van der Waals surface area contributed by atoms with Gasteiger partial charge in [-0.3, -0.25) is 0 Å². The van der Waals surface area contributed by atoms with Gasteiger partial charge in [-0.15, -0.1) is 0 Å². The molecular formula is C16H19NO3S. The summed E-state index contributed by atoms with van der Waals surface area (Å²) in [5.41, 5.74) is 7.19. The molecule has 2 aromatic carbocycles. The van der Waals surface area contributed by atoms with E-state index in [1.807, 2.05) is 24.3 Å². The number of rotatable bonds is 4. The molecule has 0 saturated heterocycles. The van der Waals surface area contributed by atoms with E-state index in [4.69, 9.17) is 10.5 Å². The molecule has 0 unspecified atom stereocenters. The highest BCUT2D eigenvalue weighted by molar-refractivity contribution is 7.90. The van der Waals surface area contributed by atoms with E-state index >= 15 is 0 Å². The van der Waals surface area contributed by atoms with E-state index in [9.17, 15) is 8.42 Å². The van der Waals surface area contributed by atoms with Crippen LogP contribution in [-0.4, -0.2) is 14.7 Å². The van der Waals surface area contributed by atoms with E-state index < -0.39 is 9.84 Å². The van der Waals surface area contributed by atoms with E-state index in [0.717, 1.165) is 11.8 Å². The molecule has 0 aromatic heterocycles. The molecule has 0 heterocycles. The molecule has 0 amide bonds. The summed E-state index contributed by atoms with van der Waals surface area (Å²) in [6.07, 6.45) is 1.13. The maximum atomic E-state index is 11.7. The average Bonchev–Trinajstić information content (AvgIpc) is 2.40. The lowest BCUT2D eigenvalue weighted by Gasteiger charge is -2.13. The number of nitrogens with two attached hydrogens (primary N) is 1. The molecular weight excluding hydrogens is 286 g/mol. The Kier molecular flexibility index (Phi) is 4.23. The summed E-state index contributed by atoms with van der Waals surface area (Å²) in [5, 5.41) is 0. The van der Waals surface area contributed by atoms with Gasteiger partial charge in [0.25, 0.3) is 0 Å². The van der Waals surface area contributed by atoms with Crippen molar-refractivity contribution in [2.45, 2.75) is 24.7 Å². The lowest BCUT2D eigenvalue weighted by atomic mass is 10.0. The van der Waals surface area contributed by atoms with Gasteiger partial charge in [0, 0.05) is 6.26 Å². The summed E-state index contributed by atoms with van der Waals surface area (Å²) in [6, 6.07) is 12.4. The molecule has 0 atom stereocenters. The van der Waals surface area contributed by atoms with Gasteiger partial charge in [-0.25, -0.2) is 8.42 Å². The lowest BCUT2D eigenvalue weighted by Crippen LogP contribution is -2.03. The first kappa shape index (κ1) is 15.4. The highest BCUT2D eigenvalue weighted by Crippen LogP contribution is 2.33. The maximum Gasteiger partial charge on any atom is 0.177 e. The molecule has 0 spiro atoms. The Labute approximate surface area is 125 Å². The van der Waals surface area contributed by atoms with Crippen LogP contribution in [-0.2, 0) is 9.84 Å². The quantitative estimate of drug-likeness (QED) is 0.876. The van der Waals surface area contributed by atoms with Crippen molar-refractivity contribution >= 4 is 15.5 Å². The van der Waals surface area contributed by atoms with Crippen LogP contribution < -0.4 is 10.5 Å². The topological polar surface area (TPSA) is 69.4 Å². The van der Waals surface area contributed by atoms with E-state index in [2.05, 4.69) is 13.8 Å². The molecule has 5 heteroatoms. The third kappa shape index (κ3) is 3.55. The zero-order valence-electron chi connectivity index (χ0n) is 12.3. The number of hydrogen-bond acceptors (Lipinski definition) is 4. The number of anilines is 1. The summed E-state index contributed by atoms with van der Waals surface area (Å²) < 4.78 is 29.1. The highest BCUT2D eigenvalue weighted by atomic mass is 32.2. The normalized spacial score (nSPS) is 11.6. The summed E-state index contributed by atoms with van der Waals surface area (Å²) >= 11 is 0.